The number of hydrogen-bond donors (Lipinski definition) is 0. The zero-order valence-corrected chi connectivity index (χ0v) is 18.2. The van der Waals surface area contributed by atoms with Crippen LogP contribution in [0, 0.1) is 6.92 Å². The fourth-order valence-corrected chi connectivity index (χ4v) is 3.73. The molecule has 2 aromatic heterocycles. The van der Waals surface area contributed by atoms with Gasteiger partial charge in [0.05, 0.1) is 0 Å². The van der Waals surface area contributed by atoms with E-state index >= 15 is 0 Å². The number of amides is 1. The standard InChI is InChI=1S/C25H23N5O3/c1-18-27-24(28-33-18)20-9-12-23(26-17-20)29-13-15-30(16-14-29)25(31)19-7-10-22(11-8-19)32-21-5-3-2-4-6-21/h2-12,17H,13-16H2,1H3. The second-order valence-corrected chi connectivity index (χ2v) is 7.76. The summed E-state index contributed by atoms with van der Waals surface area (Å²) in [7, 11) is 0. The van der Waals surface area contributed by atoms with Crippen molar-refractivity contribution in [2.24, 2.45) is 0 Å². The van der Waals surface area contributed by atoms with E-state index in [-0.39, 0.29) is 5.91 Å². The van der Waals surface area contributed by atoms with E-state index in [9.17, 15) is 4.79 Å². The van der Waals surface area contributed by atoms with Crippen LogP contribution in [-0.2, 0) is 0 Å². The Morgan fingerprint density at radius 3 is 2.27 bits per heavy atom. The van der Waals surface area contributed by atoms with Crippen molar-refractivity contribution in [2.45, 2.75) is 6.92 Å². The fourth-order valence-electron chi connectivity index (χ4n) is 3.73. The Morgan fingerprint density at radius 1 is 0.909 bits per heavy atom. The molecule has 1 amide bonds. The van der Waals surface area contributed by atoms with Gasteiger partial charge in [0.1, 0.15) is 17.3 Å². The van der Waals surface area contributed by atoms with E-state index in [1.165, 1.54) is 0 Å². The summed E-state index contributed by atoms with van der Waals surface area (Å²) < 4.78 is 10.8. The lowest BCUT2D eigenvalue weighted by Crippen LogP contribution is -2.49. The van der Waals surface area contributed by atoms with E-state index in [1.54, 1.807) is 13.1 Å². The lowest BCUT2D eigenvalue weighted by atomic mass is 10.1. The number of piperazine rings is 1. The predicted molar refractivity (Wildman–Crippen MR) is 123 cm³/mol. The maximum atomic E-state index is 12.9. The molecule has 1 fully saturated rings. The molecule has 0 atom stereocenters. The molecular formula is C25H23N5O3. The van der Waals surface area contributed by atoms with Crippen LogP contribution in [0.3, 0.4) is 0 Å². The predicted octanol–water partition coefficient (Wildman–Crippen LogP) is 4.19. The van der Waals surface area contributed by atoms with E-state index in [1.807, 2.05) is 71.6 Å². The topological polar surface area (TPSA) is 84.6 Å². The molecule has 4 aromatic rings. The number of carbonyl (C=O) groups is 1. The third-order valence-electron chi connectivity index (χ3n) is 5.50. The Kier molecular flexibility index (Phi) is 5.72. The van der Waals surface area contributed by atoms with Crippen molar-refractivity contribution in [1.29, 1.82) is 0 Å². The minimum absolute atomic E-state index is 0.0247. The molecule has 0 aliphatic carbocycles. The van der Waals surface area contributed by atoms with E-state index in [0.717, 1.165) is 17.1 Å². The van der Waals surface area contributed by atoms with Crippen LogP contribution in [-0.4, -0.2) is 52.1 Å². The number of para-hydroxylation sites is 1. The van der Waals surface area contributed by atoms with Crippen LogP contribution in [0.5, 0.6) is 11.5 Å². The molecule has 33 heavy (non-hydrogen) atoms. The normalized spacial score (nSPS) is 13.7. The maximum Gasteiger partial charge on any atom is 0.253 e. The SMILES string of the molecule is Cc1nc(-c2ccc(N3CCN(C(=O)c4ccc(Oc5ccccc5)cc4)CC3)nc2)no1. The molecule has 0 radical (unpaired) electrons. The highest BCUT2D eigenvalue weighted by Gasteiger charge is 2.23. The molecule has 8 heteroatoms. The molecule has 1 aliphatic heterocycles. The van der Waals surface area contributed by atoms with Crippen LogP contribution in [0.4, 0.5) is 5.82 Å². The average molecular weight is 441 g/mol. The molecule has 3 heterocycles. The number of nitrogens with zero attached hydrogens (tertiary/aromatic N) is 5. The van der Waals surface area contributed by atoms with E-state index in [4.69, 9.17) is 9.26 Å². The summed E-state index contributed by atoms with van der Waals surface area (Å²) in [6, 6.07) is 20.7. The molecule has 1 saturated heterocycles. The first kappa shape index (κ1) is 20.7. The Hall–Kier alpha value is -4.20. The van der Waals surface area contributed by atoms with Crippen molar-refractivity contribution in [1.82, 2.24) is 20.0 Å². The summed E-state index contributed by atoms with van der Waals surface area (Å²) in [6.45, 7) is 4.46. The largest absolute Gasteiger partial charge is 0.457 e. The highest BCUT2D eigenvalue weighted by atomic mass is 16.5. The minimum Gasteiger partial charge on any atom is -0.457 e. The molecule has 2 aromatic carbocycles. The molecule has 8 nitrogen and oxygen atoms in total. The number of ether oxygens (including phenoxy) is 1. The monoisotopic (exact) mass is 441 g/mol. The van der Waals surface area contributed by atoms with Gasteiger partial charge in [-0.25, -0.2) is 4.98 Å². The summed E-state index contributed by atoms with van der Waals surface area (Å²) in [5, 5.41) is 3.92. The average Bonchev–Trinajstić information content (AvgIpc) is 3.31. The van der Waals surface area contributed by atoms with Gasteiger partial charge in [0, 0.05) is 50.4 Å². The number of aryl methyl sites for hydroxylation is 1. The summed E-state index contributed by atoms with van der Waals surface area (Å²) in [5.41, 5.74) is 1.46. The first-order valence-electron chi connectivity index (χ1n) is 10.8. The molecule has 166 valence electrons. The van der Waals surface area contributed by atoms with Crippen molar-refractivity contribution in [3.63, 3.8) is 0 Å². The lowest BCUT2D eigenvalue weighted by Gasteiger charge is -2.35. The molecule has 0 bridgehead atoms. The molecule has 5 rings (SSSR count). The second-order valence-electron chi connectivity index (χ2n) is 7.76. The van der Waals surface area contributed by atoms with Gasteiger partial charge in [-0.3, -0.25) is 4.79 Å². The zero-order valence-electron chi connectivity index (χ0n) is 18.2. The Balaban J connectivity index is 1.17. The highest BCUT2D eigenvalue weighted by molar-refractivity contribution is 5.94. The van der Waals surface area contributed by atoms with Crippen molar-refractivity contribution in [3.05, 3.63) is 84.4 Å². The van der Waals surface area contributed by atoms with Gasteiger partial charge in [0.25, 0.3) is 5.91 Å². The molecule has 0 saturated carbocycles. The number of rotatable bonds is 5. The molecule has 0 N–H and O–H groups in total. The van der Waals surface area contributed by atoms with Gasteiger partial charge < -0.3 is 19.1 Å². The smallest absolute Gasteiger partial charge is 0.253 e. The van der Waals surface area contributed by atoms with Crippen molar-refractivity contribution < 1.29 is 14.1 Å². The van der Waals surface area contributed by atoms with E-state index in [2.05, 4.69) is 20.0 Å². The van der Waals surface area contributed by atoms with Crippen molar-refractivity contribution in [2.75, 3.05) is 31.1 Å². The number of benzene rings is 2. The summed E-state index contributed by atoms with van der Waals surface area (Å²) in [6.07, 6.45) is 1.75. The van der Waals surface area contributed by atoms with Gasteiger partial charge in [-0.15, -0.1) is 0 Å². The summed E-state index contributed by atoms with van der Waals surface area (Å²) in [5.74, 6) is 3.41. The van der Waals surface area contributed by atoms with Gasteiger partial charge >= 0.3 is 0 Å². The second kappa shape index (κ2) is 9.12. The number of aromatic nitrogens is 3. The minimum atomic E-state index is 0.0247. The van der Waals surface area contributed by atoms with Crippen LogP contribution in [0.2, 0.25) is 0 Å². The third-order valence-corrected chi connectivity index (χ3v) is 5.50. The number of hydrogen-bond acceptors (Lipinski definition) is 7. The summed E-state index contributed by atoms with van der Waals surface area (Å²) in [4.78, 5) is 25.8. The number of carbonyl (C=O) groups excluding carboxylic acids is 1. The molecule has 0 spiro atoms. The van der Waals surface area contributed by atoms with Gasteiger partial charge in [-0.05, 0) is 48.5 Å². The Labute approximate surface area is 191 Å². The van der Waals surface area contributed by atoms with E-state index in [0.29, 0.717) is 49.2 Å². The van der Waals surface area contributed by atoms with Crippen LogP contribution in [0.1, 0.15) is 16.2 Å². The highest BCUT2D eigenvalue weighted by Crippen LogP contribution is 2.23. The van der Waals surface area contributed by atoms with Gasteiger partial charge in [0.15, 0.2) is 0 Å². The first-order valence-corrected chi connectivity index (χ1v) is 10.8. The summed E-state index contributed by atoms with van der Waals surface area (Å²) >= 11 is 0. The van der Waals surface area contributed by atoms with Gasteiger partial charge in [0.2, 0.25) is 11.7 Å². The quantitative estimate of drug-likeness (QED) is 0.459. The molecule has 1 aliphatic rings. The first-order chi connectivity index (χ1) is 16.2. The van der Waals surface area contributed by atoms with E-state index < -0.39 is 0 Å². The van der Waals surface area contributed by atoms with Crippen molar-refractivity contribution in [3.8, 4) is 22.9 Å². The van der Waals surface area contributed by atoms with Gasteiger partial charge in [-0.1, -0.05) is 23.4 Å². The Morgan fingerprint density at radius 2 is 1.64 bits per heavy atom. The molecule has 0 unspecified atom stereocenters. The lowest BCUT2D eigenvalue weighted by molar-refractivity contribution is 0.0746. The number of anilines is 1. The van der Waals surface area contributed by atoms with Crippen LogP contribution in [0.15, 0.2) is 77.4 Å². The Bertz CT molecular complexity index is 1220. The van der Waals surface area contributed by atoms with Crippen LogP contribution in [0.25, 0.3) is 11.4 Å². The third kappa shape index (κ3) is 4.69. The van der Waals surface area contributed by atoms with Crippen LogP contribution >= 0.6 is 0 Å². The number of pyridine rings is 1. The van der Waals surface area contributed by atoms with Crippen molar-refractivity contribution >= 4 is 11.7 Å². The van der Waals surface area contributed by atoms with Gasteiger partial charge in [-0.2, -0.15) is 4.98 Å². The maximum absolute atomic E-state index is 12.9. The molecular weight excluding hydrogens is 418 g/mol. The zero-order chi connectivity index (χ0) is 22.6. The fraction of sp³-hybridized carbons (Fsp3) is 0.200. The van der Waals surface area contributed by atoms with Crippen LogP contribution < -0.4 is 9.64 Å².